The molecule has 0 aromatic rings. The van der Waals surface area contributed by atoms with Gasteiger partial charge in [0.2, 0.25) is 0 Å². The van der Waals surface area contributed by atoms with Crippen LogP contribution in [0, 0.1) is 12.3 Å². The van der Waals surface area contributed by atoms with E-state index in [2.05, 4.69) is 39.8 Å². The van der Waals surface area contributed by atoms with Gasteiger partial charge in [0.25, 0.3) is 0 Å². The molecule has 1 atom stereocenters. The third kappa shape index (κ3) is 6.67. The van der Waals surface area contributed by atoms with E-state index in [-0.39, 0.29) is 5.04 Å². The topological polar surface area (TPSA) is 29.5 Å². The Kier molecular flexibility index (Phi) is 6.77. The maximum absolute atomic E-state index is 9.16. The minimum atomic E-state index is -1.63. The van der Waals surface area contributed by atoms with E-state index >= 15 is 0 Å². The second-order valence-corrected chi connectivity index (χ2v) is 10.6. The van der Waals surface area contributed by atoms with Crippen LogP contribution in [0.2, 0.25) is 18.1 Å². The Hall–Kier alpha value is -0.563. The first-order valence-electron chi connectivity index (χ1n) is 6.14. The molecule has 0 rings (SSSR count). The monoisotopic (exact) mass is 254 g/mol. The second kappa shape index (κ2) is 7.00. The van der Waals surface area contributed by atoms with Gasteiger partial charge in [0, 0.05) is 0 Å². The van der Waals surface area contributed by atoms with Crippen molar-refractivity contribution in [3.8, 4) is 12.3 Å². The molecule has 0 saturated heterocycles. The van der Waals surface area contributed by atoms with Gasteiger partial charge in [-0.3, -0.25) is 0 Å². The van der Waals surface area contributed by atoms with Crippen LogP contribution in [-0.2, 0) is 4.43 Å². The predicted molar refractivity (Wildman–Crippen MR) is 76.4 cm³/mol. The fraction of sp³-hybridized carbons (Fsp3) is 0.714. The second-order valence-electron chi connectivity index (χ2n) is 5.80. The number of hydrogen-bond acceptors (Lipinski definition) is 2. The Morgan fingerprint density at radius 3 is 2.41 bits per heavy atom. The number of hydrogen-bond donors (Lipinski definition) is 1. The molecule has 0 aromatic carbocycles. The first kappa shape index (κ1) is 16.4. The van der Waals surface area contributed by atoms with E-state index in [1.165, 1.54) is 0 Å². The number of aliphatic hydroxyl groups excluding tert-OH is 1. The number of allylic oxidation sites excluding steroid dienone is 1. The summed E-state index contributed by atoms with van der Waals surface area (Å²) in [6.45, 7) is 11.8. The highest BCUT2D eigenvalue weighted by molar-refractivity contribution is 6.74. The lowest BCUT2D eigenvalue weighted by Crippen LogP contribution is -2.40. The van der Waals surface area contributed by atoms with E-state index in [4.69, 9.17) is 16.0 Å². The summed E-state index contributed by atoms with van der Waals surface area (Å²) in [6, 6.07) is 0. The number of aliphatic hydroxyl groups is 1. The maximum atomic E-state index is 9.16. The summed E-state index contributed by atoms with van der Waals surface area (Å²) in [7, 11) is -1.63. The van der Waals surface area contributed by atoms with Crippen LogP contribution in [0.25, 0.3) is 0 Å². The van der Waals surface area contributed by atoms with Crippen LogP contribution in [0.15, 0.2) is 12.2 Å². The lowest BCUT2D eigenvalue weighted by molar-refractivity contribution is 0.223. The lowest BCUT2D eigenvalue weighted by atomic mass is 10.2. The molecule has 0 radical (unpaired) electrons. The van der Waals surface area contributed by atoms with Crippen molar-refractivity contribution < 1.29 is 9.53 Å². The number of rotatable bonds is 6. The van der Waals surface area contributed by atoms with Crippen molar-refractivity contribution in [2.24, 2.45) is 0 Å². The van der Waals surface area contributed by atoms with Crippen molar-refractivity contribution in [2.75, 3.05) is 6.61 Å². The Labute approximate surface area is 107 Å². The molecule has 1 N–H and O–H groups in total. The fourth-order valence-electron chi connectivity index (χ4n) is 0.996. The SMILES string of the molecule is C#CC(O)CC/C=C\CO[Si](C)(C)C(C)(C)C. The summed E-state index contributed by atoms with van der Waals surface area (Å²) < 4.78 is 5.98. The molecule has 0 bridgehead atoms. The summed E-state index contributed by atoms with van der Waals surface area (Å²) in [6.07, 6.45) is 9.91. The van der Waals surface area contributed by atoms with Crippen LogP contribution in [0.5, 0.6) is 0 Å². The molecule has 0 amide bonds. The molecule has 17 heavy (non-hydrogen) atoms. The van der Waals surface area contributed by atoms with Crippen LogP contribution < -0.4 is 0 Å². The Morgan fingerprint density at radius 1 is 1.35 bits per heavy atom. The summed E-state index contributed by atoms with van der Waals surface area (Å²) in [5.74, 6) is 2.30. The summed E-state index contributed by atoms with van der Waals surface area (Å²) in [5.41, 5.74) is 0. The average molecular weight is 254 g/mol. The largest absolute Gasteiger partial charge is 0.413 e. The minimum Gasteiger partial charge on any atom is -0.413 e. The molecule has 0 aliphatic rings. The Balaban J connectivity index is 3.85. The molecule has 1 unspecified atom stereocenters. The predicted octanol–water partition coefficient (Wildman–Crippen LogP) is 3.34. The van der Waals surface area contributed by atoms with Crippen molar-refractivity contribution in [2.45, 2.75) is 57.8 Å². The zero-order chi connectivity index (χ0) is 13.5. The zero-order valence-electron chi connectivity index (χ0n) is 11.8. The van der Waals surface area contributed by atoms with Gasteiger partial charge in [0.05, 0.1) is 6.61 Å². The minimum absolute atomic E-state index is 0.250. The van der Waals surface area contributed by atoms with E-state index in [9.17, 15) is 0 Å². The third-order valence-electron chi connectivity index (χ3n) is 3.31. The Bertz CT molecular complexity index is 282. The van der Waals surface area contributed by atoms with Gasteiger partial charge in [-0.15, -0.1) is 6.42 Å². The van der Waals surface area contributed by atoms with E-state index in [1.54, 1.807) is 0 Å². The summed E-state index contributed by atoms with van der Waals surface area (Å²) in [4.78, 5) is 0. The lowest BCUT2D eigenvalue weighted by Gasteiger charge is -2.35. The van der Waals surface area contributed by atoms with Gasteiger partial charge >= 0.3 is 0 Å². The van der Waals surface area contributed by atoms with Gasteiger partial charge in [0.1, 0.15) is 6.10 Å². The molecule has 0 heterocycles. The van der Waals surface area contributed by atoms with Gasteiger partial charge in [-0.2, -0.15) is 0 Å². The molecule has 0 aliphatic carbocycles. The van der Waals surface area contributed by atoms with Crippen LogP contribution in [0.3, 0.4) is 0 Å². The molecule has 0 aliphatic heterocycles. The highest BCUT2D eigenvalue weighted by atomic mass is 28.4. The summed E-state index contributed by atoms with van der Waals surface area (Å²) in [5, 5.41) is 9.41. The normalized spacial score (nSPS) is 14.9. The first-order valence-corrected chi connectivity index (χ1v) is 9.04. The maximum Gasteiger partial charge on any atom is 0.192 e. The highest BCUT2D eigenvalue weighted by Gasteiger charge is 2.36. The van der Waals surface area contributed by atoms with Gasteiger partial charge in [-0.1, -0.05) is 38.8 Å². The van der Waals surface area contributed by atoms with Gasteiger partial charge in [-0.25, -0.2) is 0 Å². The van der Waals surface area contributed by atoms with Crippen molar-refractivity contribution >= 4 is 8.32 Å². The van der Waals surface area contributed by atoms with Crippen molar-refractivity contribution in [1.29, 1.82) is 0 Å². The van der Waals surface area contributed by atoms with Gasteiger partial charge in [-0.05, 0) is 31.0 Å². The quantitative estimate of drug-likeness (QED) is 0.447. The van der Waals surface area contributed by atoms with E-state index < -0.39 is 14.4 Å². The van der Waals surface area contributed by atoms with Crippen molar-refractivity contribution in [3.63, 3.8) is 0 Å². The molecule has 0 fully saturated rings. The van der Waals surface area contributed by atoms with E-state index in [1.807, 2.05) is 12.2 Å². The van der Waals surface area contributed by atoms with Crippen LogP contribution in [-0.4, -0.2) is 26.1 Å². The molecular weight excluding hydrogens is 228 g/mol. The van der Waals surface area contributed by atoms with Gasteiger partial charge in [0.15, 0.2) is 8.32 Å². The Morgan fingerprint density at radius 2 is 1.94 bits per heavy atom. The smallest absolute Gasteiger partial charge is 0.192 e. The van der Waals surface area contributed by atoms with Crippen LogP contribution in [0.1, 0.15) is 33.6 Å². The molecule has 2 nitrogen and oxygen atoms in total. The molecule has 0 aromatic heterocycles. The highest BCUT2D eigenvalue weighted by Crippen LogP contribution is 2.36. The van der Waals surface area contributed by atoms with E-state index in [0.717, 1.165) is 6.42 Å². The molecule has 3 heteroatoms. The van der Waals surface area contributed by atoms with Gasteiger partial charge < -0.3 is 9.53 Å². The third-order valence-corrected chi connectivity index (χ3v) is 7.81. The van der Waals surface area contributed by atoms with Crippen molar-refractivity contribution in [1.82, 2.24) is 0 Å². The number of terminal acetylenes is 1. The summed E-state index contributed by atoms with van der Waals surface area (Å²) >= 11 is 0. The molecule has 0 saturated carbocycles. The fourth-order valence-corrected chi connectivity index (χ4v) is 1.94. The van der Waals surface area contributed by atoms with Crippen LogP contribution >= 0.6 is 0 Å². The standard InChI is InChI=1S/C14H26O2Si/c1-7-13(15)11-9-8-10-12-16-17(5,6)14(2,3)4/h1,8,10,13,15H,9,11-12H2,2-6H3/b10-8-. The zero-order valence-corrected chi connectivity index (χ0v) is 12.8. The molecule has 0 spiro atoms. The first-order chi connectivity index (χ1) is 7.70. The van der Waals surface area contributed by atoms with E-state index in [0.29, 0.717) is 13.0 Å². The van der Waals surface area contributed by atoms with Crippen molar-refractivity contribution in [3.05, 3.63) is 12.2 Å². The average Bonchev–Trinajstić information content (AvgIpc) is 2.21. The molecular formula is C14H26O2Si. The molecule has 98 valence electrons. The van der Waals surface area contributed by atoms with Crippen LogP contribution in [0.4, 0.5) is 0 Å².